The molecule has 0 aliphatic rings. The normalized spacial score (nSPS) is 11.8. The van der Waals surface area contributed by atoms with Gasteiger partial charge in [-0.2, -0.15) is 0 Å². The zero-order valence-electron chi connectivity index (χ0n) is 11.8. The van der Waals surface area contributed by atoms with Crippen molar-refractivity contribution in [1.29, 1.82) is 0 Å². The van der Waals surface area contributed by atoms with Gasteiger partial charge in [0.2, 0.25) is 0 Å². The van der Waals surface area contributed by atoms with Gasteiger partial charge >= 0.3 is 12.0 Å². The average Bonchev–Trinajstić information content (AvgIpc) is 2.39. The van der Waals surface area contributed by atoms with Crippen LogP contribution in [-0.4, -0.2) is 35.1 Å². The highest BCUT2D eigenvalue weighted by Crippen LogP contribution is 2.20. The molecule has 5 nitrogen and oxygen atoms in total. The summed E-state index contributed by atoms with van der Waals surface area (Å²) in [6, 6.07) is 3.10. The van der Waals surface area contributed by atoms with Crippen LogP contribution in [0.2, 0.25) is 0 Å². The molecule has 0 fully saturated rings. The number of carbonyl (C=O) groups is 2. The van der Waals surface area contributed by atoms with Crippen LogP contribution < -0.4 is 5.32 Å². The van der Waals surface area contributed by atoms with Crippen molar-refractivity contribution in [1.82, 2.24) is 4.90 Å². The highest BCUT2D eigenvalue weighted by molar-refractivity contribution is 6.00. The van der Waals surface area contributed by atoms with Crippen molar-refractivity contribution in [3.63, 3.8) is 0 Å². The van der Waals surface area contributed by atoms with Crippen molar-refractivity contribution in [2.75, 3.05) is 12.4 Å². The Balaban J connectivity index is 2.93. The molecule has 0 saturated heterocycles. The third-order valence-electron chi connectivity index (χ3n) is 3.16. The van der Waals surface area contributed by atoms with Gasteiger partial charge in [0.1, 0.15) is 5.82 Å². The van der Waals surface area contributed by atoms with Gasteiger partial charge < -0.3 is 15.3 Å². The summed E-state index contributed by atoms with van der Waals surface area (Å²) >= 11 is 0. The first-order valence-electron chi connectivity index (χ1n) is 6.44. The van der Waals surface area contributed by atoms with E-state index in [4.69, 9.17) is 5.11 Å². The molecule has 0 spiro atoms. The van der Waals surface area contributed by atoms with Crippen LogP contribution in [0, 0.1) is 5.82 Å². The molecule has 0 aliphatic heterocycles. The van der Waals surface area contributed by atoms with E-state index in [1.165, 1.54) is 17.0 Å². The third kappa shape index (κ3) is 3.69. The molecule has 110 valence electrons. The summed E-state index contributed by atoms with van der Waals surface area (Å²) in [5.74, 6) is -2.06. The molecule has 6 heteroatoms. The number of hydrogen-bond donors (Lipinski definition) is 2. The van der Waals surface area contributed by atoms with E-state index < -0.39 is 17.8 Å². The first-order chi connectivity index (χ1) is 9.38. The van der Waals surface area contributed by atoms with Crippen LogP contribution in [0.3, 0.4) is 0 Å². The van der Waals surface area contributed by atoms with Crippen LogP contribution in [0.25, 0.3) is 0 Å². The monoisotopic (exact) mass is 282 g/mol. The number of urea groups is 1. The zero-order valence-corrected chi connectivity index (χ0v) is 11.8. The van der Waals surface area contributed by atoms with E-state index in [0.29, 0.717) is 0 Å². The number of para-hydroxylation sites is 1. The maximum absolute atomic E-state index is 13.7. The fourth-order valence-electron chi connectivity index (χ4n) is 1.84. The molecule has 2 amide bonds. The van der Waals surface area contributed by atoms with Crippen molar-refractivity contribution in [2.45, 2.75) is 32.7 Å². The Morgan fingerprint density at radius 2 is 2.10 bits per heavy atom. The second-order valence-electron chi connectivity index (χ2n) is 4.65. The smallest absolute Gasteiger partial charge is 0.337 e. The van der Waals surface area contributed by atoms with Gasteiger partial charge in [0.25, 0.3) is 0 Å². The van der Waals surface area contributed by atoms with Crippen LogP contribution in [0.5, 0.6) is 0 Å². The van der Waals surface area contributed by atoms with E-state index >= 15 is 0 Å². The molecule has 20 heavy (non-hydrogen) atoms. The summed E-state index contributed by atoms with van der Waals surface area (Å²) in [6.45, 7) is 3.88. The van der Waals surface area contributed by atoms with E-state index in [1.54, 1.807) is 7.05 Å². The van der Waals surface area contributed by atoms with Crippen molar-refractivity contribution < 1.29 is 19.1 Å². The summed E-state index contributed by atoms with van der Waals surface area (Å²) in [7, 11) is 1.59. The first kappa shape index (κ1) is 15.9. The first-order valence-corrected chi connectivity index (χ1v) is 6.44. The van der Waals surface area contributed by atoms with Gasteiger partial charge in [0.15, 0.2) is 0 Å². The summed E-state index contributed by atoms with van der Waals surface area (Å²) in [6.07, 6.45) is 1.73. The SMILES string of the molecule is CCCC(C)N(C)C(=O)Nc1c(F)cccc1C(=O)O. The number of nitrogens with one attached hydrogen (secondary N) is 1. The van der Waals surface area contributed by atoms with E-state index in [9.17, 15) is 14.0 Å². The number of hydrogen-bond acceptors (Lipinski definition) is 2. The highest BCUT2D eigenvalue weighted by Gasteiger charge is 2.20. The lowest BCUT2D eigenvalue weighted by molar-refractivity contribution is 0.0697. The second kappa shape index (κ2) is 6.88. The number of benzene rings is 1. The molecule has 0 saturated carbocycles. The Hall–Kier alpha value is -2.11. The number of rotatable bonds is 5. The molecule has 0 radical (unpaired) electrons. The fourth-order valence-corrected chi connectivity index (χ4v) is 1.84. The molecule has 1 unspecified atom stereocenters. The Kier molecular flexibility index (Phi) is 5.49. The predicted molar refractivity (Wildman–Crippen MR) is 74.5 cm³/mol. The second-order valence-corrected chi connectivity index (χ2v) is 4.65. The molecule has 1 aromatic carbocycles. The molecular formula is C14H19FN2O3. The van der Waals surface area contributed by atoms with Gasteiger partial charge in [0, 0.05) is 13.1 Å². The Labute approximate surface area is 117 Å². The lowest BCUT2D eigenvalue weighted by Crippen LogP contribution is -2.38. The zero-order chi connectivity index (χ0) is 15.3. The van der Waals surface area contributed by atoms with E-state index in [-0.39, 0.29) is 17.3 Å². The van der Waals surface area contributed by atoms with Crippen LogP contribution >= 0.6 is 0 Å². The minimum atomic E-state index is -1.29. The van der Waals surface area contributed by atoms with Gasteiger partial charge in [-0.05, 0) is 25.5 Å². The molecule has 0 aliphatic carbocycles. The van der Waals surface area contributed by atoms with Crippen molar-refractivity contribution in [3.05, 3.63) is 29.6 Å². The Bertz CT molecular complexity index is 505. The van der Waals surface area contributed by atoms with Gasteiger partial charge in [-0.25, -0.2) is 14.0 Å². The van der Waals surface area contributed by atoms with Gasteiger partial charge in [-0.1, -0.05) is 19.4 Å². The summed E-state index contributed by atoms with van der Waals surface area (Å²) in [4.78, 5) is 24.5. The Morgan fingerprint density at radius 3 is 2.65 bits per heavy atom. The largest absolute Gasteiger partial charge is 0.478 e. The van der Waals surface area contributed by atoms with Crippen LogP contribution in [-0.2, 0) is 0 Å². The number of nitrogens with zero attached hydrogens (tertiary/aromatic N) is 1. The van der Waals surface area contributed by atoms with Gasteiger partial charge in [0.05, 0.1) is 11.3 Å². The number of halogens is 1. The number of anilines is 1. The number of aromatic carboxylic acids is 1. The molecule has 2 N–H and O–H groups in total. The lowest BCUT2D eigenvalue weighted by Gasteiger charge is -2.25. The van der Waals surface area contributed by atoms with E-state index in [2.05, 4.69) is 5.32 Å². The van der Waals surface area contributed by atoms with E-state index in [0.717, 1.165) is 18.9 Å². The summed E-state index contributed by atoms with van der Waals surface area (Å²) < 4.78 is 13.7. The average molecular weight is 282 g/mol. The number of carboxylic acids is 1. The molecule has 0 bridgehead atoms. The molecule has 0 heterocycles. The minimum Gasteiger partial charge on any atom is -0.478 e. The van der Waals surface area contributed by atoms with Crippen molar-refractivity contribution in [3.8, 4) is 0 Å². The lowest BCUT2D eigenvalue weighted by atomic mass is 10.1. The summed E-state index contributed by atoms with van der Waals surface area (Å²) in [5.41, 5.74) is -0.574. The predicted octanol–water partition coefficient (Wildman–Crippen LogP) is 3.18. The summed E-state index contributed by atoms with van der Waals surface area (Å²) in [5, 5.41) is 11.3. The topological polar surface area (TPSA) is 69.6 Å². The number of carboxylic acid groups (broad SMARTS) is 1. The quantitative estimate of drug-likeness (QED) is 0.871. The maximum Gasteiger partial charge on any atom is 0.337 e. The molecule has 0 aromatic heterocycles. The highest BCUT2D eigenvalue weighted by atomic mass is 19.1. The van der Waals surface area contributed by atoms with E-state index in [1.807, 2.05) is 13.8 Å². The minimum absolute atomic E-state index is 0.0138. The van der Waals surface area contributed by atoms with Crippen LogP contribution in [0.15, 0.2) is 18.2 Å². The van der Waals surface area contributed by atoms with Crippen molar-refractivity contribution in [2.24, 2.45) is 0 Å². The fraction of sp³-hybridized carbons (Fsp3) is 0.429. The molecule has 1 rings (SSSR count). The molecule has 1 atom stereocenters. The van der Waals surface area contributed by atoms with Gasteiger partial charge in [-0.3, -0.25) is 0 Å². The van der Waals surface area contributed by atoms with Crippen molar-refractivity contribution >= 4 is 17.7 Å². The van der Waals surface area contributed by atoms with Crippen LogP contribution in [0.4, 0.5) is 14.9 Å². The molecule has 1 aromatic rings. The molecular weight excluding hydrogens is 263 g/mol. The number of amides is 2. The Morgan fingerprint density at radius 1 is 1.45 bits per heavy atom. The third-order valence-corrected chi connectivity index (χ3v) is 3.16. The standard InChI is InChI=1S/C14H19FN2O3/c1-4-6-9(2)17(3)14(20)16-12-10(13(18)19)7-5-8-11(12)15/h5,7-9H,4,6H2,1-3H3,(H,16,20)(H,18,19). The maximum atomic E-state index is 13.7. The van der Waals surface area contributed by atoms with Crippen LogP contribution in [0.1, 0.15) is 37.0 Å². The number of carbonyl (C=O) groups excluding carboxylic acids is 1. The van der Waals surface area contributed by atoms with Gasteiger partial charge in [-0.15, -0.1) is 0 Å².